The van der Waals surface area contributed by atoms with E-state index < -0.39 is 12.9 Å². The maximum Gasteiger partial charge on any atom is 0.561 e. The van der Waals surface area contributed by atoms with E-state index in [0.29, 0.717) is 47.4 Å². The van der Waals surface area contributed by atoms with Crippen molar-refractivity contribution in [3.8, 4) is 0 Å². The second-order valence-electron chi connectivity index (χ2n) is 7.19. The van der Waals surface area contributed by atoms with E-state index in [2.05, 4.69) is 36.6 Å². The van der Waals surface area contributed by atoms with Gasteiger partial charge in [-0.2, -0.15) is 0 Å². The Morgan fingerprint density at radius 2 is 2.12 bits per heavy atom. The van der Waals surface area contributed by atoms with Crippen LogP contribution in [0.1, 0.15) is 33.7 Å². The minimum absolute atomic E-state index is 0.0308. The van der Waals surface area contributed by atoms with E-state index >= 15 is 0 Å². The first-order valence-corrected chi connectivity index (χ1v) is 10.9. The van der Waals surface area contributed by atoms with Crippen LogP contribution in [-0.2, 0) is 11.1 Å². The molecule has 0 atom stereocenters. The van der Waals surface area contributed by atoms with Crippen molar-refractivity contribution in [1.82, 2.24) is 21.1 Å². The lowest BCUT2D eigenvalue weighted by Gasteiger charge is -2.17. The summed E-state index contributed by atoms with van der Waals surface area (Å²) in [5.74, 6) is -0.830. The van der Waals surface area contributed by atoms with Crippen molar-refractivity contribution >= 4 is 52.0 Å². The minimum atomic E-state index is -1.21. The van der Waals surface area contributed by atoms with E-state index in [9.17, 15) is 19.4 Å². The smallest absolute Gasteiger partial charge is 0.538 e. The van der Waals surface area contributed by atoms with Crippen LogP contribution in [-0.4, -0.2) is 46.0 Å². The van der Waals surface area contributed by atoms with Crippen LogP contribution in [0.15, 0.2) is 56.8 Å². The van der Waals surface area contributed by atoms with Gasteiger partial charge in [-0.3, -0.25) is 15.5 Å². The van der Waals surface area contributed by atoms with Gasteiger partial charge in [-0.25, -0.2) is 14.0 Å². The molecule has 1 amide bonds. The first-order valence-electron chi connectivity index (χ1n) is 10.1. The average molecular weight is 530 g/mol. The molecule has 10 nitrogen and oxygen atoms in total. The van der Waals surface area contributed by atoms with Gasteiger partial charge in [0.15, 0.2) is 11.5 Å². The molecule has 0 spiro atoms. The molecule has 13 heteroatoms. The number of aromatic nitrogens is 2. The zero-order valence-corrected chi connectivity index (χ0v) is 19.1. The van der Waals surface area contributed by atoms with Gasteiger partial charge in [0.25, 0.3) is 5.91 Å². The van der Waals surface area contributed by atoms with Gasteiger partial charge >= 0.3 is 7.12 Å². The van der Waals surface area contributed by atoms with Gasteiger partial charge in [-0.05, 0) is 69.8 Å². The molecule has 0 bridgehead atoms. The summed E-state index contributed by atoms with van der Waals surface area (Å²) in [7, 11) is -1.21. The lowest BCUT2D eigenvalue weighted by Crippen LogP contribution is -2.42. The van der Waals surface area contributed by atoms with Gasteiger partial charge in [-0.1, -0.05) is 17.3 Å². The van der Waals surface area contributed by atoms with Crippen molar-refractivity contribution in [2.75, 3.05) is 6.54 Å². The van der Waals surface area contributed by atoms with Gasteiger partial charge in [0.1, 0.15) is 11.5 Å². The van der Waals surface area contributed by atoms with Gasteiger partial charge in [-0.15, -0.1) is 0 Å². The lowest BCUT2D eigenvalue weighted by molar-refractivity contribution is 0.0953. The number of aliphatic imine (C=N–C) groups is 1. The predicted octanol–water partition coefficient (Wildman–Crippen LogP) is 2.08. The fraction of sp³-hybridized carbons (Fsp3) is 0.143. The van der Waals surface area contributed by atoms with Crippen LogP contribution in [0.3, 0.4) is 0 Å². The Balaban J connectivity index is 1.39. The highest BCUT2D eigenvalue weighted by atomic mass is 79.9. The predicted molar refractivity (Wildman–Crippen MR) is 124 cm³/mol. The molecule has 0 radical (unpaired) electrons. The molecule has 0 aliphatic carbocycles. The molecule has 1 aliphatic rings. The topological polar surface area (TPSA) is 142 Å². The van der Waals surface area contributed by atoms with Crippen LogP contribution >= 0.6 is 15.9 Å². The van der Waals surface area contributed by atoms with Crippen LogP contribution in [0.5, 0.6) is 0 Å². The number of amidine groups is 1. The molecule has 34 heavy (non-hydrogen) atoms. The second-order valence-corrected chi connectivity index (χ2v) is 8.04. The lowest BCUT2D eigenvalue weighted by atomic mass is 9.72. The van der Waals surface area contributed by atoms with Crippen molar-refractivity contribution in [3.63, 3.8) is 0 Å². The van der Waals surface area contributed by atoms with Crippen molar-refractivity contribution in [3.05, 3.63) is 75.5 Å². The van der Waals surface area contributed by atoms with Crippen molar-refractivity contribution in [1.29, 1.82) is 0 Å². The number of rotatable bonds is 7. The second kappa shape index (κ2) is 10.6. The zero-order valence-electron chi connectivity index (χ0n) is 17.5. The highest BCUT2D eigenvalue weighted by Crippen LogP contribution is 2.23. The summed E-state index contributed by atoms with van der Waals surface area (Å²) in [6.07, 6.45) is 3.89. The Bertz CT molecular complexity index is 1270. The number of nitrogens with one attached hydrogen (secondary N) is 2. The molecule has 4 N–H and O–H groups in total. The van der Waals surface area contributed by atoms with Gasteiger partial charge < -0.3 is 15.0 Å². The Hall–Kier alpha value is -3.55. The molecule has 1 aromatic heterocycles. The zero-order chi connectivity index (χ0) is 24.1. The number of hydrogen-bond acceptors (Lipinski definition) is 8. The first-order chi connectivity index (χ1) is 16.5. The first kappa shape index (κ1) is 23.6. The standard InChI is InChI=1S/C21H18BBrFN5O5/c23-15-11-13(6-7-16(15)24)26-20(27-32)19-17(28-34-29-19)5-2-9-25-21(30)14-4-1-3-12-8-10-33-22(31)18(12)14/h1,3-4,6-8,10-11,31-32H,2,5,9H2,(H,25,30)(H,26,27). The summed E-state index contributed by atoms with van der Waals surface area (Å²) in [5.41, 5.74) is 4.34. The minimum Gasteiger partial charge on any atom is -0.538 e. The summed E-state index contributed by atoms with van der Waals surface area (Å²) < 4.78 is 23.5. The number of carbonyl (C=O) groups excluding carboxylic acids is 1. The number of fused-ring (bicyclic) bond motifs is 1. The summed E-state index contributed by atoms with van der Waals surface area (Å²) in [6.45, 7) is 0.297. The SMILES string of the molecule is O=C(NCCCc1nonc1C(=Nc1ccc(F)c(Br)c1)NO)c1cccc2c1B(O)OC=C2. The number of hydrogen-bond donors (Lipinski definition) is 4. The summed E-state index contributed by atoms with van der Waals surface area (Å²) >= 11 is 3.08. The fourth-order valence-electron chi connectivity index (χ4n) is 3.38. The number of amides is 1. The highest BCUT2D eigenvalue weighted by Gasteiger charge is 2.29. The van der Waals surface area contributed by atoms with E-state index in [4.69, 9.17) is 9.28 Å². The summed E-state index contributed by atoms with van der Waals surface area (Å²) in [4.78, 5) is 16.9. The molecular weight excluding hydrogens is 512 g/mol. The molecular formula is C21H18BBrFN5O5. The molecule has 1 aliphatic heterocycles. The van der Waals surface area contributed by atoms with Gasteiger partial charge in [0.2, 0.25) is 0 Å². The molecule has 0 unspecified atom stereocenters. The van der Waals surface area contributed by atoms with Crippen LogP contribution in [0.2, 0.25) is 0 Å². The largest absolute Gasteiger partial charge is 0.561 e. The number of hydroxylamine groups is 1. The Morgan fingerprint density at radius 1 is 1.26 bits per heavy atom. The number of aryl methyl sites for hydroxylation is 1. The van der Waals surface area contributed by atoms with Crippen molar-refractivity contribution in [2.45, 2.75) is 12.8 Å². The number of carbonyl (C=O) groups is 1. The van der Waals surface area contributed by atoms with E-state index in [1.165, 1.54) is 24.5 Å². The molecule has 2 aromatic carbocycles. The molecule has 3 aromatic rings. The average Bonchev–Trinajstić information content (AvgIpc) is 3.30. The van der Waals surface area contributed by atoms with Crippen LogP contribution in [0.4, 0.5) is 10.1 Å². The van der Waals surface area contributed by atoms with Crippen LogP contribution in [0.25, 0.3) is 6.08 Å². The van der Waals surface area contributed by atoms with E-state index in [1.807, 2.05) is 5.48 Å². The maximum absolute atomic E-state index is 13.4. The van der Waals surface area contributed by atoms with Gasteiger partial charge in [0, 0.05) is 17.6 Å². The summed E-state index contributed by atoms with van der Waals surface area (Å²) in [5, 5.41) is 30.0. The third kappa shape index (κ3) is 5.16. The Labute approximate surface area is 201 Å². The molecule has 0 saturated carbocycles. The number of halogens is 2. The fourth-order valence-corrected chi connectivity index (χ4v) is 3.74. The third-order valence-electron chi connectivity index (χ3n) is 4.99. The quantitative estimate of drug-likeness (QED) is 0.120. The summed E-state index contributed by atoms with van der Waals surface area (Å²) in [6, 6.07) is 9.23. The normalized spacial score (nSPS) is 12.8. The Morgan fingerprint density at radius 3 is 2.91 bits per heavy atom. The van der Waals surface area contributed by atoms with Crippen LogP contribution < -0.4 is 16.3 Å². The monoisotopic (exact) mass is 529 g/mol. The molecule has 174 valence electrons. The van der Waals surface area contributed by atoms with E-state index in [0.717, 1.165) is 0 Å². The molecule has 2 heterocycles. The van der Waals surface area contributed by atoms with Crippen molar-refractivity contribution < 1.29 is 28.7 Å². The van der Waals surface area contributed by atoms with Crippen LogP contribution in [0, 0.1) is 5.82 Å². The maximum atomic E-state index is 13.4. The number of nitrogens with zero attached hydrogens (tertiary/aromatic N) is 3. The van der Waals surface area contributed by atoms with Crippen molar-refractivity contribution in [2.24, 2.45) is 4.99 Å². The molecule has 4 rings (SSSR count). The van der Waals surface area contributed by atoms with E-state index in [-0.39, 0.29) is 21.9 Å². The van der Waals surface area contributed by atoms with Gasteiger partial charge in [0.05, 0.1) is 16.4 Å². The molecule has 0 fully saturated rings. The number of benzene rings is 2. The molecule has 0 saturated heterocycles. The Kier molecular flexibility index (Phi) is 7.35. The highest BCUT2D eigenvalue weighted by molar-refractivity contribution is 9.10. The van der Waals surface area contributed by atoms with E-state index in [1.54, 1.807) is 24.3 Å². The third-order valence-corrected chi connectivity index (χ3v) is 5.60.